The van der Waals surface area contributed by atoms with Crippen LogP contribution in [0.2, 0.25) is 5.02 Å². The quantitative estimate of drug-likeness (QED) is 0.623. The lowest BCUT2D eigenvalue weighted by Gasteiger charge is -2.33. The number of para-hydroxylation sites is 1. The van der Waals surface area contributed by atoms with Crippen molar-refractivity contribution in [1.29, 1.82) is 0 Å². The molecule has 6 nitrogen and oxygen atoms in total. The zero-order valence-corrected chi connectivity index (χ0v) is 17.8. The molecule has 3 aromatic rings. The number of anilines is 1. The average molecular weight is 428 g/mol. The number of rotatable bonds is 5. The molecule has 0 fully saturated rings. The molecule has 150 valence electrons. The summed E-state index contributed by atoms with van der Waals surface area (Å²) in [7, 11) is 0. The van der Waals surface area contributed by atoms with Crippen molar-refractivity contribution in [1.82, 2.24) is 14.9 Å². The van der Waals surface area contributed by atoms with Gasteiger partial charge in [0.15, 0.2) is 5.82 Å². The average Bonchev–Trinajstić information content (AvgIpc) is 3.11. The van der Waals surface area contributed by atoms with E-state index in [1.165, 1.54) is 11.8 Å². The van der Waals surface area contributed by atoms with Gasteiger partial charge in [-0.1, -0.05) is 60.6 Å². The summed E-state index contributed by atoms with van der Waals surface area (Å²) in [6, 6.07) is 15.1. The van der Waals surface area contributed by atoms with E-state index in [1.54, 1.807) is 0 Å². The third kappa shape index (κ3) is 4.11. The third-order valence-electron chi connectivity index (χ3n) is 4.87. The van der Waals surface area contributed by atoms with Gasteiger partial charge in [0.05, 0.1) is 6.04 Å². The third-order valence-corrected chi connectivity index (χ3v) is 6.33. The predicted octanol–water partition coefficient (Wildman–Crippen LogP) is 4.59. The second-order valence-electron chi connectivity index (χ2n) is 6.99. The maximum absolute atomic E-state index is 13.3. The number of carbonyl (C=O) groups is 1. The lowest BCUT2D eigenvalue weighted by atomic mass is 10.0. The highest BCUT2D eigenvalue weighted by molar-refractivity contribution is 8.00. The molecule has 4 rings (SSSR count). The fourth-order valence-electron chi connectivity index (χ4n) is 3.32. The fourth-order valence-corrected chi connectivity index (χ4v) is 4.55. The molecule has 1 amide bonds. The maximum atomic E-state index is 13.3. The molecule has 1 aliphatic rings. The van der Waals surface area contributed by atoms with Crippen LogP contribution in [-0.2, 0) is 11.2 Å². The molecule has 2 unspecified atom stereocenters. The largest absolute Gasteiger partial charge is 0.325 e. The van der Waals surface area contributed by atoms with Crippen molar-refractivity contribution in [2.75, 3.05) is 10.7 Å². The van der Waals surface area contributed by atoms with Crippen molar-refractivity contribution in [3.8, 4) is 0 Å². The van der Waals surface area contributed by atoms with Gasteiger partial charge in [-0.25, -0.2) is 4.68 Å². The van der Waals surface area contributed by atoms with Gasteiger partial charge in [-0.2, -0.15) is 0 Å². The van der Waals surface area contributed by atoms with Crippen LogP contribution in [0.4, 0.5) is 5.69 Å². The highest BCUT2D eigenvalue weighted by Gasteiger charge is 2.37. The van der Waals surface area contributed by atoms with Crippen LogP contribution in [0.25, 0.3) is 0 Å². The first-order chi connectivity index (χ1) is 14.1. The number of nitrogens with zero attached hydrogens (tertiary/aromatic N) is 3. The van der Waals surface area contributed by atoms with E-state index < -0.39 is 5.25 Å². The number of carbonyl (C=O) groups excluding carboxylic acids is 1. The van der Waals surface area contributed by atoms with Gasteiger partial charge in [0.25, 0.3) is 0 Å². The van der Waals surface area contributed by atoms with Crippen molar-refractivity contribution in [3.05, 3.63) is 70.5 Å². The van der Waals surface area contributed by atoms with Crippen LogP contribution in [0.15, 0.2) is 53.7 Å². The van der Waals surface area contributed by atoms with E-state index in [4.69, 9.17) is 11.6 Å². The molecule has 0 radical (unpaired) electrons. The van der Waals surface area contributed by atoms with Crippen molar-refractivity contribution in [2.24, 2.45) is 0 Å². The molecular weight excluding hydrogens is 406 g/mol. The van der Waals surface area contributed by atoms with Crippen molar-refractivity contribution in [2.45, 2.75) is 43.1 Å². The van der Waals surface area contributed by atoms with Gasteiger partial charge in [0.2, 0.25) is 11.1 Å². The summed E-state index contributed by atoms with van der Waals surface area (Å²) in [6.07, 6.45) is 1.78. The second kappa shape index (κ2) is 8.47. The van der Waals surface area contributed by atoms with E-state index in [0.717, 1.165) is 35.5 Å². The van der Waals surface area contributed by atoms with Crippen LogP contribution in [0.1, 0.15) is 36.3 Å². The minimum absolute atomic E-state index is 0.0805. The zero-order valence-electron chi connectivity index (χ0n) is 16.2. The summed E-state index contributed by atoms with van der Waals surface area (Å²) in [6.45, 7) is 4.08. The summed E-state index contributed by atoms with van der Waals surface area (Å²) in [4.78, 5) is 13.3. The van der Waals surface area contributed by atoms with Crippen LogP contribution in [0.5, 0.6) is 0 Å². The SMILES string of the molecule is CCCc1nnc2n1NC(c1ccc(Cl)cc1)C(C(=O)Nc1ccccc1C)S2. The number of halogens is 1. The molecule has 0 saturated carbocycles. The minimum Gasteiger partial charge on any atom is -0.325 e. The summed E-state index contributed by atoms with van der Waals surface area (Å²) < 4.78 is 1.91. The van der Waals surface area contributed by atoms with E-state index in [1.807, 2.05) is 60.1 Å². The lowest BCUT2D eigenvalue weighted by molar-refractivity contribution is -0.116. The number of nitrogens with one attached hydrogen (secondary N) is 2. The first kappa shape index (κ1) is 19.8. The summed E-state index contributed by atoms with van der Waals surface area (Å²) >= 11 is 7.50. The highest BCUT2D eigenvalue weighted by atomic mass is 35.5. The smallest absolute Gasteiger partial charge is 0.240 e. The van der Waals surface area contributed by atoms with Crippen LogP contribution in [0.3, 0.4) is 0 Å². The molecule has 2 aromatic carbocycles. The molecule has 0 spiro atoms. The number of hydrogen-bond acceptors (Lipinski definition) is 5. The number of thioether (sulfide) groups is 1. The van der Waals surface area contributed by atoms with E-state index in [9.17, 15) is 4.79 Å². The van der Waals surface area contributed by atoms with E-state index in [-0.39, 0.29) is 11.9 Å². The van der Waals surface area contributed by atoms with Gasteiger partial charge in [-0.3, -0.25) is 4.79 Å². The monoisotopic (exact) mass is 427 g/mol. The number of benzene rings is 2. The fraction of sp³-hybridized carbons (Fsp3) is 0.286. The molecule has 2 N–H and O–H groups in total. The predicted molar refractivity (Wildman–Crippen MR) is 117 cm³/mol. The Labute approximate surface area is 179 Å². The van der Waals surface area contributed by atoms with Crippen molar-refractivity contribution >= 4 is 35.0 Å². The summed E-state index contributed by atoms with van der Waals surface area (Å²) in [5.41, 5.74) is 6.28. The topological polar surface area (TPSA) is 71.8 Å². The van der Waals surface area contributed by atoms with Gasteiger partial charge >= 0.3 is 0 Å². The van der Waals surface area contributed by atoms with Gasteiger partial charge in [0, 0.05) is 17.1 Å². The summed E-state index contributed by atoms with van der Waals surface area (Å²) in [5.74, 6) is 0.787. The molecule has 0 aliphatic carbocycles. The molecule has 1 aromatic heterocycles. The number of aryl methyl sites for hydroxylation is 2. The summed E-state index contributed by atoms with van der Waals surface area (Å²) in [5, 5.41) is 12.6. The second-order valence-corrected chi connectivity index (χ2v) is 8.53. The van der Waals surface area contributed by atoms with Gasteiger partial charge < -0.3 is 10.7 Å². The molecule has 8 heteroatoms. The molecule has 2 atom stereocenters. The number of aromatic nitrogens is 3. The van der Waals surface area contributed by atoms with Gasteiger partial charge in [0.1, 0.15) is 5.25 Å². The Kier molecular flexibility index (Phi) is 5.78. The number of amides is 1. The van der Waals surface area contributed by atoms with Crippen LogP contribution >= 0.6 is 23.4 Å². The maximum Gasteiger partial charge on any atom is 0.240 e. The molecule has 2 heterocycles. The molecule has 1 aliphatic heterocycles. The Hall–Kier alpha value is -2.51. The molecule has 0 saturated heterocycles. The zero-order chi connectivity index (χ0) is 20.4. The Balaban J connectivity index is 1.67. The lowest BCUT2D eigenvalue weighted by Crippen LogP contribution is -2.41. The minimum atomic E-state index is -0.415. The first-order valence-corrected chi connectivity index (χ1v) is 10.8. The number of fused-ring (bicyclic) bond motifs is 1. The highest BCUT2D eigenvalue weighted by Crippen LogP contribution is 2.38. The van der Waals surface area contributed by atoms with Gasteiger partial charge in [-0.15, -0.1) is 10.2 Å². The van der Waals surface area contributed by atoms with Crippen LogP contribution in [0, 0.1) is 6.92 Å². The Morgan fingerprint density at radius 3 is 2.69 bits per heavy atom. The Morgan fingerprint density at radius 2 is 1.97 bits per heavy atom. The molecular formula is C21H22ClN5OS. The Morgan fingerprint density at radius 1 is 1.21 bits per heavy atom. The number of hydrogen-bond donors (Lipinski definition) is 2. The van der Waals surface area contributed by atoms with Crippen LogP contribution < -0.4 is 10.7 Å². The first-order valence-electron chi connectivity index (χ1n) is 9.56. The molecule has 29 heavy (non-hydrogen) atoms. The Bertz CT molecular complexity index is 1020. The van der Waals surface area contributed by atoms with Crippen LogP contribution in [-0.4, -0.2) is 26.0 Å². The van der Waals surface area contributed by atoms with E-state index in [2.05, 4.69) is 27.9 Å². The standard InChI is InChI=1S/C21H22ClN5OS/c1-3-6-17-24-25-21-27(17)26-18(14-9-11-15(22)12-10-14)19(29-21)20(28)23-16-8-5-4-7-13(16)2/h4-5,7-12,18-19,26H,3,6H2,1-2H3,(H,23,28). The van der Waals surface area contributed by atoms with Crippen molar-refractivity contribution in [3.63, 3.8) is 0 Å². The normalized spacial score (nSPS) is 18.0. The van der Waals surface area contributed by atoms with E-state index in [0.29, 0.717) is 10.2 Å². The molecule has 0 bridgehead atoms. The van der Waals surface area contributed by atoms with Gasteiger partial charge in [-0.05, 0) is 42.7 Å². The van der Waals surface area contributed by atoms with E-state index >= 15 is 0 Å². The van der Waals surface area contributed by atoms with Crippen molar-refractivity contribution < 1.29 is 4.79 Å².